The van der Waals surface area contributed by atoms with Gasteiger partial charge in [-0.2, -0.15) is 0 Å². The third-order valence-corrected chi connectivity index (χ3v) is 5.91. The molecule has 0 unspecified atom stereocenters. The van der Waals surface area contributed by atoms with Gasteiger partial charge in [0, 0.05) is 36.6 Å². The Kier molecular flexibility index (Phi) is 4.36. The lowest BCUT2D eigenvalue weighted by molar-refractivity contribution is 0.0989. The minimum Gasteiger partial charge on any atom is -0.367 e. The van der Waals surface area contributed by atoms with Crippen LogP contribution in [0.4, 0.5) is 11.4 Å². The lowest BCUT2D eigenvalue weighted by atomic mass is 10.0. The summed E-state index contributed by atoms with van der Waals surface area (Å²) in [6.45, 7) is 2.74. The van der Waals surface area contributed by atoms with Crippen molar-refractivity contribution in [2.24, 2.45) is 0 Å². The Morgan fingerprint density at radius 2 is 1.43 bits per heavy atom. The zero-order valence-corrected chi connectivity index (χ0v) is 16.0. The van der Waals surface area contributed by atoms with E-state index in [9.17, 15) is 4.79 Å². The molecule has 0 saturated heterocycles. The SMILES string of the molecule is O=C(c1ccc(CN2CCCc3ccccc32)cc1)N1CCc2ccccc21. The molecule has 3 nitrogen and oxygen atoms in total. The summed E-state index contributed by atoms with van der Waals surface area (Å²) in [5.41, 5.74) is 7.11. The number of carbonyl (C=O) groups excluding carboxylic acids is 1. The van der Waals surface area contributed by atoms with Crippen LogP contribution in [0.1, 0.15) is 33.5 Å². The Hall–Kier alpha value is -3.07. The number of para-hydroxylation sites is 2. The van der Waals surface area contributed by atoms with E-state index in [0.29, 0.717) is 0 Å². The second-order valence-corrected chi connectivity index (χ2v) is 7.69. The molecule has 3 aromatic rings. The highest BCUT2D eigenvalue weighted by Gasteiger charge is 2.25. The Bertz CT molecular complexity index is 1010. The van der Waals surface area contributed by atoms with Crippen molar-refractivity contribution in [1.82, 2.24) is 0 Å². The molecule has 5 rings (SSSR count). The standard InChI is InChI=1S/C25H24N2O/c28-25(27-17-15-21-7-2-4-10-24(21)27)22-13-11-19(12-14-22)18-26-16-5-8-20-6-1-3-9-23(20)26/h1-4,6-7,9-14H,5,8,15-18H2. The number of carbonyl (C=O) groups is 1. The molecule has 3 aromatic carbocycles. The Balaban J connectivity index is 1.32. The smallest absolute Gasteiger partial charge is 0.258 e. The van der Waals surface area contributed by atoms with Gasteiger partial charge in [0.2, 0.25) is 0 Å². The number of hydrogen-bond acceptors (Lipinski definition) is 2. The van der Waals surface area contributed by atoms with Crippen molar-refractivity contribution in [1.29, 1.82) is 0 Å². The van der Waals surface area contributed by atoms with Crippen LogP contribution in [0.5, 0.6) is 0 Å². The van der Waals surface area contributed by atoms with Gasteiger partial charge in [-0.15, -0.1) is 0 Å². The summed E-state index contributed by atoms with van der Waals surface area (Å²) in [4.78, 5) is 17.3. The molecule has 2 heterocycles. The molecule has 140 valence electrons. The summed E-state index contributed by atoms with van der Waals surface area (Å²) in [6, 6.07) is 25.1. The molecule has 0 fully saturated rings. The van der Waals surface area contributed by atoms with E-state index in [1.54, 1.807) is 0 Å². The largest absolute Gasteiger partial charge is 0.367 e. The second-order valence-electron chi connectivity index (χ2n) is 7.69. The van der Waals surface area contributed by atoms with Crippen LogP contribution >= 0.6 is 0 Å². The molecule has 2 aliphatic rings. The fourth-order valence-electron chi connectivity index (χ4n) is 4.45. The number of anilines is 2. The average Bonchev–Trinajstić information content (AvgIpc) is 3.18. The summed E-state index contributed by atoms with van der Waals surface area (Å²) in [7, 11) is 0. The molecular weight excluding hydrogens is 344 g/mol. The fourth-order valence-corrected chi connectivity index (χ4v) is 4.45. The van der Waals surface area contributed by atoms with Crippen molar-refractivity contribution < 1.29 is 4.79 Å². The first-order chi connectivity index (χ1) is 13.8. The van der Waals surface area contributed by atoms with Crippen molar-refractivity contribution in [3.05, 3.63) is 95.1 Å². The maximum atomic E-state index is 13.0. The first-order valence-corrected chi connectivity index (χ1v) is 10.1. The van der Waals surface area contributed by atoms with Crippen molar-refractivity contribution >= 4 is 17.3 Å². The average molecular weight is 368 g/mol. The highest BCUT2D eigenvalue weighted by molar-refractivity contribution is 6.07. The van der Waals surface area contributed by atoms with E-state index in [-0.39, 0.29) is 5.91 Å². The number of hydrogen-bond donors (Lipinski definition) is 0. The van der Waals surface area contributed by atoms with Gasteiger partial charge in [-0.1, -0.05) is 48.5 Å². The van der Waals surface area contributed by atoms with E-state index in [1.165, 1.54) is 28.8 Å². The zero-order chi connectivity index (χ0) is 18.9. The molecule has 1 amide bonds. The minimum atomic E-state index is 0.0971. The Labute approximate surface area is 166 Å². The lowest BCUT2D eigenvalue weighted by Gasteiger charge is -2.31. The highest BCUT2D eigenvalue weighted by atomic mass is 16.2. The number of amides is 1. The molecule has 0 saturated carbocycles. The number of nitrogens with zero attached hydrogens (tertiary/aromatic N) is 2. The first-order valence-electron chi connectivity index (χ1n) is 10.1. The molecule has 0 radical (unpaired) electrons. The molecule has 3 heteroatoms. The summed E-state index contributed by atoms with van der Waals surface area (Å²) < 4.78 is 0. The molecule has 0 bridgehead atoms. The normalized spacial score (nSPS) is 15.3. The van der Waals surface area contributed by atoms with Gasteiger partial charge in [-0.25, -0.2) is 0 Å². The summed E-state index contributed by atoms with van der Waals surface area (Å²) in [5, 5.41) is 0. The predicted octanol–water partition coefficient (Wildman–Crippen LogP) is 4.84. The lowest BCUT2D eigenvalue weighted by Crippen LogP contribution is -2.29. The summed E-state index contributed by atoms with van der Waals surface area (Å²) in [6.07, 6.45) is 3.30. The van der Waals surface area contributed by atoms with Gasteiger partial charge in [0.05, 0.1) is 0 Å². The fraction of sp³-hybridized carbons (Fsp3) is 0.240. The van der Waals surface area contributed by atoms with Crippen molar-refractivity contribution in [2.75, 3.05) is 22.9 Å². The molecule has 2 aliphatic heterocycles. The minimum absolute atomic E-state index is 0.0971. The van der Waals surface area contributed by atoms with Gasteiger partial charge in [0.25, 0.3) is 5.91 Å². The molecule has 0 spiro atoms. The number of aryl methyl sites for hydroxylation is 1. The van der Waals surface area contributed by atoms with Crippen molar-refractivity contribution in [3.8, 4) is 0 Å². The number of rotatable bonds is 3. The van der Waals surface area contributed by atoms with E-state index >= 15 is 0 Å². The number of fused-ring (bicyclic) bond motifs is 2. The van der Waals surface area contributed by atoms with Gasteiger partial charge < -0.3 is 9.80 Å². The zero-order valence-electron chi connectivity index (χ0n) is 16.0. The van der Waals surface area contributed by atoms with Crippen LogP contribution < -0.4 is 9.80 Å². The van der Waals surface area contributed by atoms with Crippen LogP contribution in [0.15, 0.2) is 72.8 Å². The van der Waals surface area contributed by atoms with Gasteiger partial charge in [0.15, 0.2) is 0 Å². The summed E-state index contributed by atoms with van der Waals surface area (Å²) >= 11 is 0. The van der Waals surface area contributed by atoms with Crippen LogP contribution in [-0.2, 0) is 19.4 Å². The molecule has 28 heavy (non-hydrogen) atoms. The van der Waals surface area contributed by atoms with Crippen LogP contribution in [0.25, 0.3) is 0 Å². The quantitative estimate of drug-likeness (QED) is 0.660. The third-order valence-electron chi connectivity index (χ3n) is 5.91. The highest BCUT2D eigenvalue weighted by Crippen LogP contribution is 2.30. The number of benzene rings is 3. The van der Waals surface area contributed by atoms with Gasteiger partial charge in [-0.3, -0.25) is 4.79 Å². The van der Waals surface area contributed by atoms with E-state index in [2.05, 4.69) is 47.4 Å². The molecular formula is C25H24N2O. The molecule has 0 N–H and O–H groups in total. The maximum Gasteiger partial charge on any atom is 0.258 e. The van der Waals surface area contributed by atoms with E-state index in [4.69, 9.17) is 0 Å². The van der Waals surface area contributed by atoms with Crippen LogP contribution in [0, 0.1) is 0 Å². The molecule has 0 atom stereocenters. The van der Waals surface area contributed by atoms with E-state index in [1.807, 2.05) is 35.2 Å². The predicted molar refractivity (Wildman–Crippen MR) is 114 cm³/mol. The Morgan fingerprint density at radius 1 is 0.750 bits per heavy atom. The monoisotopic (exact) mass is 368 g/mol. The van der Waals surface area contributed by atoms with Crippen LogP contribution in [-0.4, -0.2) is 19.0 Å². The first kappa shape index (κ1) is 17.1. The third kappa shape index (κ3) is 3.07. The van der Waals surface area contributed by atoms with Crippen molar-refractivity contribution in [3.63, 3.8) is 0 Å². The summed E-state index contributed by atoms with van der Waals surface area (Å²) in [5.74, 6) is 0.0971. The van der Waals surface area contributed by atoms with Gasteiger partial charge in [-0.05, 0) is 60.2 Å². The van der Waals surface area contributed by atoms with E-state index in [0.717, 1.165) is 43.7 Å². The van der Waals surface area contributed by atoms with Crippen LogP contribution in [0.2, 0.25) is 0 Å². The van der Waals surface area contributed by atoms with Crippen molar-refractivity contribution in [2.45, 2.75) is 25.8 Å². The molecule has 0 aromatic heterocycles. The Morgan fingerprint density at radius 3 is 2.21 bits per heavy atom. The van der Waals surface area contributed by atoms with Crippen LogP contribution in [0.3, 0.4) is 0 Å². The van der Waals surface area contributed by atoms with E-state index < -0.39 is 0 Å². The topological polar surface area (TPSA) is 23.6 Å². The molecule has 0 aliphatic carbocycles. The maximum absolute atomic E-state index is 13.0. The van der Waals surface area contributed by atoms with Gasteiger partial charge in [0.1, 0.15) is 0 Å². The second kappa shape index (κ2) is 7.16. The van der Waals surface area contributed by atoms with Gasteiger partial charge >= 0.3 is 0 Å².